The Morgan fingerprint density at radius 3 is 2.73 bits per heavy atom. The fourth-order valence-electron chi connectivity index (χ4n) is 3.44. The van der Waals surface area contributed by atoms with Crippen LogP contribution in [-0.4, -0.2) is 28.2 Å². The van der Waals surface area contributed by atoms with Crippen LogP contribution in [0.3, 0.4) is 0 Å². The first-order chi connectivity index (χ1) is 14.3. The normalized spacial score (nSPS) is 15.7. The van der Waals surface area contributed by atoms with Crippen molar-refractivity contribution in [3.05, 3.63) is 65.2 Å². The van der Waals surface area contributed by atoms with Gasteiger partial charge in [-0.1, -0.05) is 18.2 Å². The lowest BCUT2D eigenvalue weighted by Crippen LogP contribution is -2.12. The lowest BCUT2D eigenvalue weighted by Gasteiger charge is -2.19. The summed E-state index contributed by atoms with van der Waals surface area (Å²) < 4.78 is 44.7. The highest BCUT2D eigenvalue weighted by molar-refractivity contribution is 5.90. The van der Waals surface area contributed by atoms with E-state index in [1.807, 2.05) is 6.07 Å². The van der Waals surface area contributed by atoms with Gasteiger partial charge in [-0.15, -0.1) is 0 Å². The van der Waals surface area contributed by atoms with Gasteiger partial charge in [0.25, 0.3) is 0 Å². The monoisotopic (exact) mass is 414 g/mol. The summed E-state index contributed by atoms with van der Waals surface area (Å²) >= 11 is 0. The molecule has 1 atom stereocenters. The minimum absolute atomic E-state index is 0.390. The third-order valence-electron chi connectivity index (χ3n) is 5.00. The van der Waals surface area contributed by atoms with Crippen molar-refractivity contribution >= 4 is 22.3 Å². The van der Waals surface area contributed by atoms with E-state index in [0.717, 1.165) is 35.2 Å². The number of hydrogen-bond acceptors (Lipinski definition) is 5. The van der Waals surface area contributed by atoms with Crippen LogP contribution in [-0.2, 0) is 10.9 Å². The van der Waals surface area contributed by atoms with Crippen LogP contribution in [0.2, 0.25) is 0 Å². The number of benzene rings is 1. The zero-order chi connectivity index (χ0) is 21.3. The van der Waals surface area contributed by atoms with E-state index in [1.54, 1.807) is 26.1 Å². The van der Waals surface area contributed by atoms with Crippen molar-refractivity contribution in [1.29, 1.82) is 0 Å². The quantitative estimate of drug-likeness (QED) is 0.625. The number of alkyl halides is 3. The van der Waals surface area contributed by atoms with Crippen molar-refractivity contribution in [2.75, 3.05) is 18.5 Å². The highest BCUT2D eigenvalue weighted by Gasteiger charge is 2.30. The first kappa shape index (κ1) is 20.3. The molecular weight excluding hydrogens is 393 g/mol. The lowest BCUT2D eigenvalue weighted by atomic mass is 10.0. The second-order valence-corrected chi connectivity index (χ2v) is 7.27. The summed E-state index contributed by atoms with van der Waals surface area (Å²) in [7, 11) is 0. The van der Waals surface area contributed by atoms with Gasteiger partial charge in [-0.05, 0) is 49.6 Å². The smallest absolute Gasteiger partial charge is 0.376 e. The van der Waals surface area contributed by atoms with Crippen molar-refractivity contribution in [2.45, 2.75) is 32.5 Å². The highest BCUT2D eigenvalue weighted by Crippen LogP contribution is 2.32. The van der Waals surface area contributed by atoms with E-state index < -0.39 is 17.8 Å². The van der Waals surface area contributed by atoms with E-state index in [9.17, 15) is 13.2 Å². The maximum absolute atomic E-state index is 13.1. The van der Waals surface area contributed by atoms with Crippen LogP contribution in [0.25, 0.3) is 16.5 Å². The van der Waals surface area contributed by atoms with Crippen LogP contribution in [0.4, 0.5) is 19.0 Å². The number of nitrogens with one attached hydrogen (secondary N) is 1. The maximum Gasteiger partial charge on any atom is 0.416 e. The highest BCUT2D eigenvalue weighted by atomic mass is 19.4. The Labute approximate surface area is 172 Å². The van der Waals surface area contributed by atoms with Crippen molar-refractivity contribution in [3.63, 3.8) is 0 Å². The van der Waals surface area contributed by atoms with Crippen LogP contribution in [0.5, 0.6) is 0 Å². The topological polar surface area (TPSA) is 59.9 Å². The molecule has 0 fully saturated rings. The molecule has 0 spiro atoms. The molecule has 2 aromatic heterocycles. The number of halogens is 3. The van der Waals surface area contributed by atoms with Gasteiger partial charge in [0.1, 0.15) is 11.6 Å². The van der Waals surface area contributed by atoms with E-state index in [4.69, 9.17) is 4.74 Å². The molecule has 3 heterocycles. The average molecular weight is 414 g/mol. The molecule has 0 aliphatic carbocycles. The number of fused-ring (bicyclic) bond motifs is 1. The van der Waals surface area contributed by atoms with Gasteiger partial charge in [-0.3, -0.25) is 4.98 Å². The van der Waals surface area contributed by atoms with Gasteiger partial charge < -0.3 is 10.1 Å². The molecule has 1 aliphatic rings. The van der Waals surface area contributed by atoms with Gasteiger partial charge in [0.05, 0.1) is 36.2 Å². The molecule has 156 valence electrons. The van der Waals surface area contributed by atoms with E-state index in [2.05, 4.69) is 26.3 Å². The standard InChI is InChI=1S/C22H21F3N4O/c1-13(15-5-3-7-17(9-15)22(23,24)25)27-21-18-10-19(16-6-4-8-30-12-16)26-11-20(18)28-14(2)29-21/h3,5-7,9-11,13H,4,8,12H2,1-2H3,(H,27,28,29)/t13-/m1/s1. The summed E-state index contributed by atoms with van der Waals surface area (Å²) in [6.45, 7) is 4.76. The number of anilines is 1. The van der Waals surface area contributed by atoms with Gasteiger partial charge in [0.15, 0.2) is 0 Å². The summed E-state index contributed by atoms with van der Waals surface area (Å²) in [6, 6.07) is 6.82. The Morgan fingerprint density at radius 2 is 2.00 bits per heavy atom. The van der Waals surface area contributed by atoms with Crippen molar-refractivity contribution in [1.82, 2.24) is 15.0 Å². The third-order valence-corrected chi connectivity index (χ3v) is 5.00. The summed E-state index contributed by atoms with van der Waals surface area (Å²) in [6.07, 6.45) is 0.238. The van der Waals surface area contributed by atoms with Crippen molar-refractivity contribution in [3.8, 4) is 0 Å². The number of hydrogen-bond donors (Lipinski definition) is 1. The molecule has 30 heavy (non-hydrogen) atoms. The summed E-state index contributed by atoms with van der Waals surface area (Å²) in [4.78, 5) is 13.4. The van der Waals surface area contributed by atoms with Crippen LogP contribution >= 0.6 is 0 Å². The Kier molecular flexibility index (Phi) is 5.42. The molecule has 1 aliphatic heterocycles. The second kappa shape index (κ2) is 8.02. The Morgan fingerprint density at radius 1 is 1.17 bits per heavy atom. The van der Waals surface area contributed by atoms with E-state index in [-0.39, 0.29) is 0 Å². The molecule has 4 rings (SSSR count). The summed E-state index contributed by atoms with van der Waals surface area (Å²) in [5, 5.41) is 4.01. The van der Waals surface area contributed by atoms with E-state index in [1.165, 1.54) is 6.07 Å². The number of aryl methyl sites for hydroxylation is 1. The van der Waals surface area contributed by atoms with Crippen LogP contribution in [0.15, 0.2) is 42.6 Å². The van der Waals surface area contributed by atoms with E-state index in [0.29, 0.717) is 35.9 Å². The molecule has 0 saturated carbocycles. The molecule has 5 nitrogen and oxygen atoms in total. The summed E-state index contributed by atoms with van der Waals surface area (Å²) in [5.41, 5.74) is 2.30. The molecule has 1 aromatic carbocycles. The molecule has 8 heteroatoms. The first-order valence-electron chi connectivity index (χ1n) is 9.66. The fourth-order valence-corrected chi connectivity index (χ4v) is 3.44. The number of nitrogens with zero attached hydrogens (tertiary/aromatic N) is 3. The first-order valence-corrected chi connectivity index (χ1v) is 9.66. The Hall–Kier alpha value is -3.00. The van der Waals surface area contributed by atoms with Gasteiger partial charge in [0.2, 0.25) is 0 Å². The van der Waals surface area contributed by atoms with Crippen LogP contribution in [0.1, 0.15) is 42.0 Å². The predicted molar refractivity (Wildman–Crippen MR) is 109 cm³/mol. The molecule has 0 unspecified atom stereocenters. The number of pyridine rings is 1. The molecule has 0 radical (unpaired) electrons. The number of ether oxygens (including phenoxy) is 1. The molecule has 0 bridgehead atoms. The van der Waals surface area contributed by atoms with Gasteiger partial charge in [-0.2, -0.15) is 13.2 Å². The lowest BCUT2D eigenvalue weighted by molar-refractivity contribution is -0.137. The fraction of sp³-hybridized carbons (Fsp3) is 0.318. The zero-order valence-corrected chi connectivity index (χ0v) is 16.6. The molecule has 0 amide bonds. The zero-order valence-electron chi connectivity index (χ0n) is 16.6. The molecule has 1 N–H and O–H groups in total. The molecule has 3 aromatic rings. The maximum atomic E-state index is 13.1. The molecular formula is C22H21F3N4O. The van der Waals surface area contributed by atoms with Crippen LogP contribution in [0, 0.1) is 6.92 Å². The van der Waals surface area contributed by atoms with Gasteiger partial charge >= 0.3 is 6.18 Å². The van der Waals surface area contributed by atoms with Gasteiger partial charge in [0, 0.05) is 11.4 Å². The minimum atomic E-state index is -4.38. The average Bonchev–Trinajstić information content (AvgIpc) is 2.73. The van der Waals surface area contributed by atoms with Crippen molar-refractivity contribution < 1.29 is 17.9 Å². The SMILES string of the molecule is Cc1nc(N[C@H](C)c2cccc(C(F)(F)F)c2)c2cc(C3=CCCOC3)ncc2n1. The minimum Gasteiger partial charge on any atom is -0.376 e. The predicted octanol–water partition coefficient (Wildman–Crippen LogP) is 5.33. The number of aromatic nitrogens is 3. The largest absolute Gasteiger partial charge is 0.416 e. The van der Waals surface area contributed by atoms with Gasteiger partial charge in [-0.25, -0.2) is 9.97 Å². The molecule has 0 saturated heterocycles. The summed E-state index contributed by atoms with van der Waals surface area (Å²) in [5.74, 6) is 1.11. The van der Waals surface area contributed by atoms with Crippen molar-refractivity contribution in [2.24, 2.45) is 0 Å². The number of rotatable bonds is 4. The second-order valence-electron chi connectivity index (χ2n) is 7.27. The Balaban J connectivity index is 1.70. The Bertz CT molecular complexity index is 1110. The van der Waals surface area contributed by atoms with E-state index >= 15 is 0 Å². The van der Waals surface area contributed by atoms with Crippen LogP contribution < -0.4 is 5.32 Å². The third kappa shape index (κ3) is 4.28.